The Labute approximate surface area is 178 Å². The maximum Gasteiger partial charge on any atom is 0.247 e. The minimum Gasteiger partial charge on any atom is -0.341 e. The van der Waals surface area contributed by atoms with Crippen molar-refractivity contribution >= 4 is 52.5 Å². The molecule has 0 spiro atoms. The standard InChI is InChI=1S/C21H20ClN3O3S/c22-14-5-7-15(8-6-14)23-19(26)13-9-11-25(12-10-13)21(28)18-20(27)24-16-3-1-2-4-17(16)29-18/h1-8,13,18H,9-12H2,(H,23,26)(H,24,27)/t18-/m1/s1. The number of halogens is 1. The first-order valence-electron chi connectivity index (χ1n) is 9.43. The van der Waals surface area contributed by atoms with Crippen LogP contribution in [0.3, 0.4) is 0 Å². The van der Waals surface area contributed by atoms with E-state index in [0.29, 0.717) is 36.6 Å². The summed E-state index contributed by atoms with van der Waals surface area (Å²) in [6, 6.07) is 14.4. The molecule has 0 unspecified atom stereocenters. The zero-order valence-corrected chi connectivity index (χ0v) is 17.1. The monoisotopic (exact) mass is 429 g/mol. The molecule has 6 nitrogen and oxygen atoms in total. The number of para-hydroxylation sites is 1. The first-order valence-corrected chi connectivity index (χ1v) is 10.7. The van der Waals surface area contributed by atoms with Crippen LogP contribution in [0.1, 0.15) is 12.8 Å². The first-order chi connectivity index (χ1) is 14.0. The summed E-state index contributed by atoms with van der Waals surface area (Å²) in [4.78, 5) is 40.4. The van der Waals surface area contributed by atoms with E-state index in [0.717, 1.165) is 10.6 Å². The van der Waals surface area contributed by atoms with Crippen molar-refractivity contribution in [1.82, 2.24) is 4.90 Å². The molecular weight excluding hydrogens is 410 g/mol. The number of hydrogen-bond donors (Lipinski definition) is 2. The lowest BCUT2D eigenvalue weighted by Gasteiger charge is -2.34. The maximum absolute atomic E-state index is 12.9. The third kappa shape index (κ3) is 4.41. The van der Waals surface area contributed by atoms with Crippen LogP contribution in [0.15, 0.2) is 53.4 Å². The predicted molar refractivity (Wildman–Crippen MR) is 114 cm³/mol. The van der Waals surface area contributed by atoms with Crippen LogP contribution in [0.4, 0.5) is 11.4 Å². The molecule has 4 rings (SSSR count). The lowest BCUT2D eigenvalue weighted by atomic mass is 9.95. The van der Waals surface area contributed by atoms with Crippen molar-refractivity contribution < 1.29 is 14.4 Å². The molecule has 0 radical (unpaired) electrons. The number of fused-ring (bicyclic) bond motifs is 1. The Morgan fingerprint density at radius 3 is 2.48 bits per heavy atom. The van der Waals surface area contributed by atoms with E-state index in [1.807, 2.05) is 24.3 Å². The summed E-state index contributed by atoms with van der Waals surface area (Å²) in [6.45, 7) is 0.924. The minimum absolute atomic E-state index is 0.0573. The molecule has 2 aromatic carbocycles. The van der Waals surface area contributed by atoms with Crippen LogP contribution in [-0.4, -0.2) is 41.0 Å². The van der Waals surface area contributed by atoms with Crippen molar-refractivity contribution in [3.05, 3.63) is 53.6 Å². The van der Waals surface area contributed by atoms with E-state index in [1.165, 1.54) is 11.8 Å². The van der Waals surface area contributed by atoms with Gasteiger partial charge in [0.1, 0.15) is 0 Å². The van der Waals surface area contributed by atoms with Gasteiger partial charge in [-0.3, -0.25) is 14.4 Å². The Morgan fingerprint density at radius 1 is 1.07 bits per heavy atom. The van der Waals surface area contributed by atoms with Crippen molar-refractivity contribution in [2.45, 2.75) is 23.0 Å². The summed E-state index contributed by atoms with van der Waals surface area (Å²) in [5.41, 5.74) is 1.44. The van der Waals surface area contributed by atoms with Crippen molar-refractivity contribution in [1.29, 1.82) is 0 Å². The Hall–Kier alpha value is -2.51. The van der Waals surface area contributed by atoms with Gasteiger partial charge in [-0.15, -0.1) is 11.8 Å². The third-order valence-corrected chi connectivity index (χ3v) is 6.65. The number of amides is 3. The molecule has 0 aromatic heterocycles. The average molecular weight is 430 g/mol. The highest BCUT2D eigenvalue weighted by molar-refractivity contribution is 8.01. The van der Waals surface area contributed by atoms with E-state index in [2.05, 4.69) is 10.6 Å². The van der Waals surface area contributed by atoms with E-state index in [9.17, 15) is 14.4 Å². The molecule has 1 fully saturated rings. The van der Waals surface area contributed by atoms with E-state index < -0.39 is 5.25 Å². The molecule has 2 heterocycles. The van der Waals surface area contributed by atoms with Crippen LogP contribution >= 0.6 is 23.4 Å². The zero-order valence-electron chi connectivity index (χ0n) is 15.6. The molecule has 8 heteroatoms. The van der Waals surface area contributed by atoms with Gasteiger partial charge in [0.05, 0.1) is 5.69 Å². The fourth-order valence-electron chi connectivity index (χ4n) is 3.52. The molecule has 0 aliphatic carbocycles. The van der Waals surface area contributed by atoms with Crippen LogP contribution in [0, 0.1) is 5.92 Å². The number of nitrogens with zero attached hydrogens (tertiary/aromatic N) is 1. The van der Waals surface area contributed by atoms with Crippen LogP contribution < -0.4 is 10.6 Å². The molecule has 2 N–H and O–H groups in total. The molecule has 150 valence electrons. The number of carbonyl (C=O) groups is 3. The van der Waals surface area contributed by atoms with Crippen molar-refractivity contribution in [3.8, 4) is 0 Å². The van der Waals surface area contributed by atoms with E-state index >= 15 is 0 Å². The second-order valence-corrected chi connectivity index (χ2v) is 8.66. The Balaban J connectivity index is 1.33. The van der Waals surface area contributed by atoms with Crippen molar-refractivity contribution in [2.24, 2.45) is 5.92 Å². The number of likely N-dealkylation sites (tertiary alicyclic amines) is 1. The third-order valence-electron chi connectivity index (χ3n) is 5.14. The number of thioether (sulfide) groups is 1. The van der Waals surface area contributed by atoms with Gasteiger partial charge in [-0.1, -0.05) is 23.7 Å². The van der Waals surface area contributed by atoms with Gasteiger partial charge in [-0.25, -0.2) is 0 Å². The highest BCUT2D eigenvalue weighted by Gasteiger charge is 2.37. The largest absolute Gasteiger partial charge is 0.341 e. The fraction of sp³-hybridized carbons (Fsp3) is 0.286. The summed E-state index contributed by atoms with van der Waals surface area (Å²) in [5, 5.41) is 5.53. The van der Waals surface area contributed by atoms with Gasteiger partial charge in [0.25, 0.3) is 0 Å². The van der Waals surface area contributed by atoms with Gasteiger partial charge in [-0.05, 0) is 49.2 Å². The highest BCUT2D eigenvalue weighted by Crippen LogP contribution is 2.36. The van der Waals surface area contributed by atoms with Crippen molar-refractivity contribution in [2.75, 3.05) is 23.7 Å². The van der Waals surface area contributed by atoms with Gasteiger partial charge in [0.2, 0.25) is 17.7 Å². The summed E-state index contributed by atoms with van der Waals surface area (Å²) >= 11 is 7.15. The predicted octanol–water partition coefficient (Wildman–Crippen LogP) is 3.63. The summed E-state index contributed by atoms with van der Waals surface area (Å²) in [7, 11) is 0. The number of rotatable bonds is 3. The molecule has 1 saturated heterocycles. The van der Waals surface area contributed by atoms with Crippen LogP contribution in [0.2, 0.25) is 5.02 Å². The highest BCUT2D eigenvalue weighted by atomic mass is 35.5. The first kappa shape index (κ1) is 19.8. The molecular formula is C21H20ClN3O3S. The number of piperidine rings is 1. The topological polar surface area (TPSA) is 78.5 Å². The lowest BCUT2D eigenvalue weighted by molar-refractivity contribution is -0.136. The number of carbonyl (C=O) groups excluding carboxylic acids is 3. The zero-order chi connectivity index (χ0) is 20.4. The molecule has 29 heavy (non-hydrogen) atoms. The number of benzene rings is 2. The summed E-state index contributed by atoms with van der Waals surface area (Å²) in [6.07, 6.45) is 1.14. The van der Waals surface area contributed by atoms with Crippen molar-refractivity contribution in [3.63, 3.8) is 0 Å². The maximum atomic E-state index is 12.9. The Morgan fingerprint density at radius 2 is 1.76 bits per heavy atom. The normalized spacial score (nSPS) is 19.3. The van der Waals surface area contributed by atoms with E-state index in [1.54, 1.807) is 29.2 Å². The van der Waals surface area contributed by atoms with E-state index in [4.69, 9.17) is 11.6 Å². The molecule has 2 aliphatic rings. The van der Waals surface area contributed by atoms with E-state index in [-0.39, 0.29) is 23.6 Å². The molecule has 0 bridgehead atoms. The Bertz CT molecular complexity index is 942. The molecule has 3 amide bonds. The fourth-order valence-corrected chi connectivity index (χ4v) is 4.72. The van der Waals surface area contributed by atoms with Gasteiger partial charge in [0.15, 0.2) is 5.25 Å². The quantitative estimate of drug-likeness (QED) is 0.730. The van der Waals surface area contributed by atoms with Gasteiger partial charge >= 0.3 is 0 Å². The Kier molecular flexibility index (Phi) is 5.78. The van der Waals surface area contributed by atoms with Gasteiger partial charge < -0.3 is 15.5 Å². The van der Waals surface area contributed by atoms with Crippen LogP contribution in [-0.2, 0) is 14.4 Å². The summed E-state index contributed by atoms with van der Waals surface area (Å²) in [5.74, 6) is -0.707. The van der Waals surface area contributed by atoms with Crippen LogP contribution in [0.25, 0.3) is 0 Å². The molecule has 0 saturated carbocycles. The summed E-state index contributed by atoms with van der Waals surface area (Å²) < 4.78 is 0. The molecule has 2 aliphatic heterocycles. The SMILES string of the molecule is O=C(Nc1ccc(Cl)cc1)C1CCN(C(=O)[C@@H]2Sc3ccccc3NC2=O)CC1. The minimum atomic E-state index is -0.788. The smallest absolute Gasteiger partial charge is 0.247 e. The van der Waals surface area contributed by atoms with Gasteiger partial charge in [0, 0.05) is 34.6 Å². The van der Waals surface area contributed by atoms with Crippen LogP contribution in [0.5, 0.6) is 0 Å². The number of nitrogens with one attached hydrogen (secondary N) is 2. The number of anilines is 2. The second kappa shape index (κ2) is 8.47. The lowest BCUT2D eigenvalue weighted by Crippen LogP contribution is -2.48. The second-order valence-electron chi connectivity index (χ2n) is 7.08. The molecule has 2 aromatic rings. The average Bonchev–Trinajstić information content (AvgIpc) is 2.74. The number of hydrogen-bond acceptors (Lipinski definition) is 4. The van der Waals surface area contributed by atoms with Gasteiger partial charge in [-0.2, -0.15) is 0 Å². The molecule has 1 atom stereocenters.